The van der Waals surface area contributed by atoms with Gasteiger partial charge in [-0.3, -0.25) is 4.79 Å². The Balaban J connectivity index is 1.91. The summed E-state index contributed by atoms with van der Waals surface area (Å²) in [5.74, 6) is 1.11. The second kappa shape index (κ2) is 6.46. The summed E-state index contributed by atoms with van der Waals surface area (Å²) in [7, 11) is 0. The standard InChI is InChI=1S/C17H32N2O/c1-17(2,3)14-6-4-5-7-15(14)19-16(20)12-8-10-13(18)11-9-12/h12-15H,4-11,18H2,1-3H3,(H,19,20). The van der Waals surface area contributed by atoms with Gasteiger partial charge in [-0.05, 0) is 49.9 Å². The van der Waals surface area contributed by atoms with Crippen molar-refractivity contribution in [3.63, 3.8) is 0 Å². The molecule has 0 aromatic heterocycles. The van der Waals surface area contributed by atoms with Crippen LogP contribution in [0.3, 0.4) is 0 Å². The van der Waals surface area contributed by atoms with Crippen molar-refractivity contribution in [3.05, 3.63) is 0 Å². The van der Waals surface area contributed by atoms with E-state index in [0.29, 0.717) is 18.0 Å². The van der Waals surface area contributed by atoms with Crippen LogP contribution in [-0.4, -0.2) is 18.0 Å². The van der Waals surface area contributed by atoms with Gasteiger partial charge in [0.2, 0.25) is 5.91 Å². The quantitative estimate of drug-likeness (QED) is 0.816. The maximum absolute atomic E-state index is 12.5. The summed E-state index contributed by atoms with van der Waals surface area (Å²) in [4.78, 5) is 12.5. The van der Waals surface area contributed by atoms with Crippen LogP contribution in [0.25, 0.3) is 0 Å². The molecule has 0 radical (unpaired) electrons. The Kier molecular flexibility index (Phi) is 5.11. The van der Waals surface area contributed by atoms with E-state index < -0.39 is 0 Å². The van der Waals surface area contributed by atoms with Crippen LogP contribution >= 0.6 is 0 Å². The third kappa shape index (κ3) is 3.97. The van der Waals surface area contributed by atoms with Crippen molar-refractivity contribution in [3.8, 4) is 0 Å². The Morgan fingerprint density at radius 3 is 2.20 bits per heavy atom. The largest absolute Gasteiger partial charge is 0.353 e. The summed E-state index contributed by atoms with van der Waals surface area (Å²) in [6, 6.07) is 0.697. The van der Waals surface area contributed by atoms with Crippen LogP contribution < -0.4 is 11.1 Å². The first-order valence-corrected chi connectivity index (χ1v) is 8.44. The molecule has 0 bridgehead atoms. The molecule has 0 spiro atoms. The number of hydrogen-bond acceptors (Lipinski definition) is 2. The molecule has 0 aromatic rings. The molecular weight excluding hydrogens is 248 g/mol. The molecule has 2 aliphatic rings. The third-order valence-corrected chi connectivity index (χ3v) is 5.35. The molecule has 116 valence electrons. The topological polar surface area (TPSA) is 55.1 Å². The van der Waals surface area contributed by atoms with Crippen LogP contribution in [0, 0.1) is 17.3 Å². The van der Waals surface area contributed by atoms with E-state index >= 15 is 0 Å². The molecule has 3 heteroatoms. The first kappa shape index (κ1) is 15.8. The fourth-order valence-electron chi connectivity index (χ4n) is 4.02. The van der Waals surface area contributed by atoms with E-state index in [2.05, 4.69) is 26.1 Å². The van der Waals surface area contributed by atoms with Gasteiger partial charge < -0.3 is 11.1 Å². The molecule has 3 nitrogen and oxygen atoms in total. The predicted molar refractivity (Wildman–Crippen MR) is 83.3 cm³/mol. The van der Waals surface area contributed by atoms with E-state index in [1.54, 1.807) is 0 Å². The lowest BCUT2D eigenvalue weighted by Gasteiger charge is -2.41. The number of rotatable bonds is 2. The number of carbonyl (C=O) groups excluding carboxylic acids is 1. The number of nitrogens with one attached hydrogen (secondary N) is 1. The molecular formula is C17H32N2O. The number of nitrogens with two attached hydrogens (primary N) is 1. The zero-order chi connectivity index (χ0) is 14.8. The highest BCUT2D eigenvalue weighted by Crippen LogP contribution is 2.38. The molecule has 2 rings (SSSR count). The molecule has 0 heterocycles. The van der Waals surface area contributed by atoms with Crippen LogP contribution in [0.15, 0.2) is 0 Å². The zero-order valence-electron chi connectivity index (χ0n) is 13.5. The van der Waals surface area contributed by atoms with Crippen molar-refractivity contribution in [2.75, 3.05) is 0 Å². The van der Waals surface area contributed by atoms with E-state index in [1.165, 1.54) is 19.3 Å². The Bertz CT molecular complexity index is 326. The maximum Gasteiger partial charge on any atom is 0.223 e. The molecule has 0 saturated heterocycles. The van der Waals surface area contributed by atoms with E-state index in [4.69, 9.17) is 5.73 Å². The van der Waals surface area contributed by atoms with Crippen LogP contribution in [0.4, 0.5) is 0 Å². The zero-order valence-corrected chi connectivity index (χ0v) is 13.5. The van der Waals surface area contributed by atoms with Gasteiger partial charge in [-0.25, -0.2) is 0 Å². The summed E-state index contributed by atoms with van der Waals surface area (Å²) in [6.07, 6.45) is 8.93. The van der Waals surface area contributed by atoms with Gasteiger partial charge >= 0.3 is 0 Å². The Hall–Kier alpha value is -0.570. The predicted octanol–water partition coefficient (Wildman–Crippen LogP) is 3.23. The second-order valence-corrected chi connectivity index (χ2v) is 7.98. The van der Waals surface area contributed by atoms with E-state index in [9.17, 15) is 4.79 Å². The first-order chi connectivity index (χ1) is 9.38. The van der Waals surface area contributed by atoms with Crippen LogP contribution in [0.2, 0.25) is 0 Å². The van der Waals surface area contributed by atoms with Crippen molar-refractivity contribution in [2.45, 2.75) is 84.2 Å². The smallest absolute Gasteiger partial charge is 0.223 e. The van der Waals surface area contributed by atoms with Crippen molar-refractivity contribution in [2.24, 2.45) is 23.0 Å². The average molecular weight is 280 g/mol. The molecule has 20 heavy (non-hydrogen) atoms. The lowest BCUT2D eigenvalue weighted by Crippen LogP contribution is -2.49. The fourth-order valence-corrected chi connectivity index (χ4v) is 4.02. The minimum Gasteiger partial charge on any atom is -0.353 e. The Morgan fingerprint density at radius 2 is 1.60 bits per heavy atom. The number of hydrogen-bond donors (Lipinski definition) is 2. The Labute approximate surface area is 124 Å². The maximum atomic E-state index is 12.5. The lowest BCUT2D eigenvalue weighted by atomic mass is 9.69. The molecule has 0 aromatic carbocycles. The van der Waals surface area contributed by atoms with Crippen molar-refractivity contribution < 1.29 is 4.79 Å². The van der Waals surface area contributed by atoms with E-state index in [0.717, 1.165) is 32.1 Å². The van der Waals surface area contributed by atoms with Gasteiger partial charge in [0, 0.05) is 18.0 Å². The highest BCUT2D eigenvalue weighted by atomic mass is 16.1. The highest BCUT2D eigenvalue weighted by molar-refractivity contribution is 5.79. The van der Waals surface area contributed by atoms with Gasteiger partial charge in [0.25, 0.3) is 0 Å². The highest BCUT2D eigenvalue weighted by Gasteiger charge is 2.36. The third-order valence-electron chi connectivity index (χ3n) is 5.35. The van der Waals surface area contributed by atoms with Gasteiger partial charge in [0.1, 0.15) is 0 Å². The van der Waals surface area contributed by atoms with Crippen molar-refractivity contribution in [1.82, 2.24) is 5.32 Å². The average Bonchev–Trinajstić information content (AvgIpc) is 2.38. The molecule has 2 aliphatic carbocycles. The van der Waals surface area contributed by atoms with Crippen LogP contribution in [-0.2, 0) is 4.79 Å². The summed E-state index contributed by atoms with van der Waals surface area (Å²) in [5, 5.41) is 3.38. The van der Waals surface area contributed by atoms with Gasteiger partial charge in [0.15, 0.2) is 0 Å². The number of amides is 1. The fraction of sp³-hybridized carbons (Fsp3) is 0.941. The second-order valence-electron chi connectivity index (χ2n) is 7.98. The van der Waals surface area contributed by atoms with E-state index in [1.807, 2.05) is 0 Å². The molecule has 3 N–H and O–H groups in total. The first-order valence-electron chi connectivity index (χ1n) is 8.44. The molecule has 2 saturated carbocycles. The van der Waals surface area contributed by atoms with Gasteiger partial charge in [-0.15, -0.1) is 0 Å². The van der Waals surface area contributed by atoms with Crippen LogP contribution in [0.1, 0.15) is 72.1 Å². The Morgan fingerprint density at radius 1 is 1.00 bits per heavy atom. The van der Waals surface area contributed by atoms with Crippen LogP contribution in [0.5, 0.6) is 0 Å². The molecule has 2 fully saturated rings. The minimum atomic E-state index is 0.206. The van der Waals surface area contributed by atoms with Crippen molar-refractivity contribution in [1.29, 1.82) is 0 Å². The van der Waals surface area contributed by atoms with Gasteiger partial charge in [-0.1, -0.05) is 33.6 Å². The monoisotopic (exact) mass is 280 g/mol. The molecule has 1 amide bonds. The summed E-state index contributed by atoms with van der Waals surface area (Å²) < 4.78 is 0. The normalized spacial score (nSPS) is 35.6. The minimum absolute atomic E-state index is 0.206. The molecule has 2 atom stereocenters. The summed E-state index contributed by atoms with van der Waals surface area (Å²) in [6.45, 7) is 6.92. The summed E-state index contributed by atoms with van der Waals surface area (Å²) >= 11 is 0. The summed E-state index contributed by atoms with van der Waals surface area (Å²) in [5.41, 5.74) is 6.21. The molecule has 2 unspecified atom stereocenters. The lowest BCUT2D eigenvalue weighted by molar-refractivity contribution is -0.127. The number of carbonyl (C=O) groups is 1. The van der Waals surface area contributed by atoms with E-state index in [-0.39, 0.29) is 17.2 Å². The van der Waals surface area contributed by atoms with Gasteiger partial charge in [0.05, 0.1) is 0 Å². The van der Waals surface area contributed by atoms with Crippen molar-refractivity contribution >= 4 is 5.91 Å². The molecule has 0 aliphatic heterocycles. The SMILES string of the molecule is CC(C)(C)C1CCCCC1NC(=O)C1CCC(N)CC1. The van der Waals surface area contributed by atoms with Gasteiger partial charge in [-0.2, -0.15) is 0 Å².